The Bertz CT molecular complexity index is 887. The average molecular weight is 305 g/mol. The zero-order valence-electron chi connectivity index (χ0n) is 12.6. The lowest BCUT2D eigenvalue weighted by Crippen LogP contribution is -2.26. The van der Waals surface area contributed by atoms with Crippen LogP contribution in [0.3, 0.4) is 0 Å². The van der Waals surface area contributed by atoms with E-state index in [1.54, 1.807) is 43.3 Å². The molecule has 23 heavy (non-hydrogen) atoms. The zero-order chi connectivity index (χ0) is 16.2. The molecule has 0 saturated heterocycles. The van der Waals surface area contributed by atoms with Crippen molar-refractivity contribution in [1.82, 2.24) is 9.55 Å². The number of rotatable bonds is 3. The maximum atomic E-state index is 12.7. The van der Waals surface area contributed by atoms with Gasteiger partial charge in [0.05, 0.1) is 11.4 Å². The largest absolute Gasteiger partial charge is 0.316 e. The van der Waals surface area contributed by atoms with E-state index in [-0.39, 0.29) is 17.2 Å². The molecule has 0 radical (unpaired) electrons. The van der Waals surface area contributed by atoms with Gasteiger partial charge in [-0.15, -0.1) is 0 Å². The van der Waals surface area contributed by atoms with Crippen LogP contribution in [0.4, 0.5) is 5.69 Å². The molecule has 0 spiro atoms. The monoisotopic (exact) mass is 305 g/mol. The number of hydrogen-bond acceptors (Lipinski definition) is 3. The number of benzene rings is 2. The van der Waals surface area contributed by atoms with Gasteiger partial charge < -0.3 is 5.32 Å². The first-order valence-corrected chi connectivity index (χ1v) is 7.17. The number of carbonyl (C=O) groups is 1. The molecule has 1 N–H and O–H groups in total. The molecular formula is C18H15N3O2. The third-order valence-corrected chi connectivity index (χ3v) is 3.47. The van der Waals surface area contributed by atoms with E-state index in [1.807, 2.05) is 24.3 Å². The molecule has 5 nitrogen and oxygen atoms in total. The maximum Gasteiger partial charge on any atom is 0.281 e. The lowest BCUT2D eigenvalue weighted by atomic mass is 10.2. The first-order chi connectivity index (χ1) is 11.2. The standard InChI is InChI=1S/C18H15N3O2/c1-13-16(20-17(22)14-8-4-2-5-9-14)18(23)21(12-19-13)15-10-6-3-7-11-15/h2-12H,1H3,(H,20,22). The van der Waals surface area contributed by atoms with Crippen LogP contribution < -0.4 is 10.9 Å². The summed E-state index contributed by atoms with van der Waals surface area (Å²) < 4.78 is 1.41. The molecule has 0 saturated carbocycles. The fraction of sp³-hybridized carbons (Fsp3) is 0.0556. The summed E-state index contributed by atoms with van der Waals surface area (Å²) in [5, 5.41) is 2.67. The van der Waals surface area contributed by atoms with Gasteiger partial charge in [0.25, 0.3) is 11.5 Å². The highest BCUT2D eigenvalue weighted by atomic mass is 16.2. The Morgan fingerprint density at radius 2 is 1.61 bits per heavy atom. The Labute approximate surface area is 133 Å². The molecule has 3 aromatic rings. The van der Waals surface area contributed by atoms with E-state index in [2.05, 4.69) is 10.3 Å². The van der Waals surface area contributed by atoms with Crippen molar-refractivity contribution in [1.29, 1.82) is 0 Å². The lowest BCUT2D eigenvalue weighted by Gasteiger charge is -2.11. The van der Waals surface area contributed by atoms with Crippen LogP contribution in [0.2, 0.25) is 0 Å². The van der Waals surface area contributed by atoms with Crippen LogP contribution in [0.5, 0.6) is 0 Å². The summed E-state index contributed by atoms with van der Waals surface area (Å²) in [5.74, 6) is -0.335. The van der Waals surface area contributed by atoms with E-state index in [4.69, 9.17) is 0 Å². The first-order valence-electron chi connectivity index (χ1n) is 7.17. The fourth-order valence-corrected chi connectivity index (χ4v) is 2.23. The number of aromatic nitrogens is 2. The Hall–Kier alpha value is -3.21. The van der Waals surface area contributed by atoms with Gasteiger partial charge in [-0.05, 0) is 31.2 Å². The number of nitrogens with one attached hydrogen (secondary N) is 1. The third kappa shape index (κ3) is 3.03. The van der Waals surface area contributed by atoms with Crippen molar-refractivity contribution in [3.05, 3.63) is 88.6 Å². The van der Waals surface area contributed by atoms with Crippen molar-refractivity contribution < 1.29 is 4.79 Å². The Morgan fingerprint density at radius 1 is 1.00 bits per heavy atom. The number of nitrogens with zero attached hydrogens (tertiary/aromatic N) is 2. The first kappa shape index (κ1) is 14.7. The Morgan fingerprint density at radius 3 is 2.26 bits per heavy atom. The van der Waals surface area contributed by atoms with Gasteiger partial charge in [0.1, 0.15) is 12.0 Å². The topological polar surface area (TPSA) is 64.0 Å². The molecule has 0 aliphatic heterocycles. The number of amides is 1. The molecule has 1 heterocycles. The van der Waals surface area contributed by atoms with E-state index in [9.17, 15) is 9.59 Å². The molecule has 0 atom stereocenters. The normalized spacial score (nSPS) is 10.3. The van der Waals surface area contributed by atoms with Crippen LogP contribution in [0.15, 0.2) is 71.8 Å². The number of para-hydroxylation sites is 1. The zero-order valence-corrected chi connectivity index (χ0v) is 12.6. The molecule has 0 aliphatic rings. The van der Waals surface area contributed by atoms with Gasteiger partial charge in [-0.1, -0.05) is 36.4 Å². The van der Waals surface area contributed by atoms with Crippen LogP contribution >= 0.6 is 0 Å². The second-order valence-corrected chi connectivity index (χ2v) is 5.04. The third-order valence-electron chi connectivity index (χ3n) is 3.47. The molecule has 0 aliphatic carbocycles. The molecule has 1 amide bonds. The quantitative estimate of drug-likeness (QED) is 0.809. The summed E-state index contributed by atoms with van der Waals surface area (Å²) in [6.45, 7) is 1.69. The van der Waals surface area contributed by atoms with Gasteiger partial charge in [-0.25, -0.2) is 4.98 Å². The molecule has 5 heteroatoms. The highest BCUT2D eigenvalue weighted by Crippen LogP contribution is 2.11. The predicted octanol–water partition coefficient (Wildman–Crippen LogP) is 2.79. The highest BCUT2D eigenvalue weighted by Gasteiger charge is 2.13. The summed E-state index contributed by atoms with van der Waals surface area (Å²) in [6, 6.07) is 17.9. The van der Waals surface area contributed by atoms with E-state index >= 15 is 0 Å². The van der Waals surface area contributed by atoms with Crippen LogP contribution in [-0.4, -0.2) is 15.5 Å². The highest BCUT2D eigenvalue weighted by molar-refractivity contribution is 6.04. The molecule has 2 aromatic carbocycles. The summed E-state index contributed by atoms with van der Waals surface area (Å²) in [4.78, 5) is 29.2. The van der Waals surface area contributed by atoms with Gasteiger partial charge in [-0.2, -0.15) is 0 Å². The van der Waals surface area contributed by atoms with Crippen molar-refractivity contribution in [2.45, 2.75) is 6.92 Å². The van der Waals surface area contributed by atoms with Crippen molar-refractivity contribution in [2.75, 3.05) is 5.32 Å². The summed E-state index contributed by atoms with van der Waals surface area (Å²) >= 11 is 0. The van der Waals surface area contributed by atoms with E-state index in [1.165, 1.54) is 10.9 Å². The minimum absolute atomic E-state index is 0.185. The van der Waals surface area contributed by atoms with Gasteiger partial charge in [-0.3, -0.25) is 14.2 Å². The van der Waals surface area contributed by atoms with Crippen LogP contribution in [0.25, 0.3) is 5.69 Å². The van der Waals surface area contributed by atoms with Gasteiger partial charge >= 0.3 is 0 Å². The van der Waals surface area contributed by atoms with Crippen molar-refractivity contribution in [3.8, 4) is 5.69 Å². The van der Waals surface area contributed by atoms with Gasteiger partial charge in [0.15, 0.2) is 0 Å². The lowest BCUT2D eigenvalue weighted by molar-refractivity contribution is 0.102. The van der Waals surface area contributed by atoms with Gasteiger partial charge in [0, 0.05) is 5.56 Å². The number of hydrogen-bond donors (Lipinski definition) is 1. The second kappa shape index (κ2) is 6.27. The SMILES string of the molecule is Cc1ncn(-c2ccccc2)c(=O)c1NC(=O)c1ccccc1. The summed E-state index contributed by atoms with van der Waals surface area (Å²) in [7, 11) is 0. The summed E-state index contributed by atoms with van der Waals surface area (Å²) in [6.07, 6.45) is 1.46. The smallest absolute Gasteiger partial charge is 0.281 e. The summed E-state index contributed by atoms with van der Waals surface area (Å²) in [5.41, 5.74) is 1.53. The molecule has 0 unspecified atom stereocenters. The molecule has 114 valence electrons. The predicted molar refractivity (Wildman–Crippen MR) is 89.0 cm³/mol. The van der Waals surface area contributed by atoms with Crippen LogP contribution in [-0.2, 0) is 0 Å². The van der Waals surface area contributed by atoms with E-state index < -0.39 is 0 Å². The molecule has 3 rings (SSSR count). The molecular weight excluding hydrogens is 290 g/mol. The minimum Gasteiger partial charge on any atom is -0.316 e. The van der Waals surface area contributed by atoms with Crippen molar-refractivity contribution in [3.63, 3.8) is 0 Å². The van der Waals surface area contributed by atoms with Gasteiger partial charge in [0.2, 0.25) is 0 Å². The number of anilines is 1. The van der Waals surface area contributed by atoms with E-state index in [0.717, 1.165) is 0 Å². The van der Waals surface area contributed by atoms with Crippen molar-refractivity contribution >= 4 is 11.6 Å². The number of carbonyl (C=O) groups excluding carboxylic acids is 1. The second-order valence-electron chi connectivity index (χ2n) is 5.04. The molecule has 0 fully saturated rings. The Kier molecular flexibility index (Phi) is 4.01. The van der Waals surface area contributed by atoms with E-state index in [0.29, 0.717) is 16.9 Å². The van der Waals surface area contributed by atoms with Crippen LogP contribution in [0, 0.1) is 6.92 Å². The Balaban J connectivity index is 2.00. The fourth-order valence-electron chi connectivity index (χ4n) is 2.23. The van der Waals surface area contributed by atoms with Crippen LogP contribution in [0.1, 0.15) is 16.1 Å². The molecule has 0 bridgehead atoms. The number of aryl methyl sites for hydroxylation is 1. The maximum absolute atomic E-state index is 12.7. The molecule has 1 aromatic heterocycles. The minimum atomic E-state index is -0.335. The van der Waals surface area contributed by atoms with Crippen molar-refractivity contribution in [2.24, 2.45) is 0 Å². The average Bonchev–Trinajstić information content (AvgIpc) is 2.60.